The van der Waals surface area contributed by atoms with E-state index in [2.05, 4.69) is 24.0 Å². The van der Waals surface area contributed by atoms with Crippen LogP contribution in [0.1, 0.15) is 32.6 Å². The fraction of sp³-hybridized carbons (Fsp3) is 0.818. The molecule has 0 aromatic rings. The van der Waals surface area contributed by atoms with Crippen LogP contribution in [0.25, 0.3) is 0 Å². The fourth-order valence-corrected chi connectivity index (χ4v) is 2.47. The molecule has 2 rings (SSSR count). The van der Waals surface area contributed by atoms with E-state index in [-0.39, 0.29) is 0 Å². The molecule has 2 unspecified atom stereocenters. The lowest BCUT2D eigenvalue weighted by Crippen LogP contribution is -2.44. The number of piperidine rings is 1. The van der Waals surface area contributed by atoms with Crippen molar-refractivity contribution in [1.82, 2.24) is 4.90 Å². The van der Waals surface area contributed by atoms with Crippen molar-refractivity contribution in [2.75, 3.05) is 13.1 Å². The Morgan fingerprint density at radius 3 is 3.08 bits per heavy atom. The lowest BCUT2D eigenvalue weighted by atomic mass is 9.88. The highest BCUT2D eigenvalue weighted by atomic mass is 15.2. The molecule has 1 saturated heterocycles. The van der Waals surface area contributed by atoms with Crippen LogP contribution < -0.4 is 0 Å². The Balaban J connectivity index is 1.95. The molecule has 0 aromatic heterocycles. The Bertz CT molecular complexity index is 174. The Morgan fingerprint density at radius 2 is 2.25 bits per heavy atom. The summed E-state index contributed by atoms with van der Waals surface area (Å²) < 4.78 is 0. The molecular formula is C11H19N. The molecule has 2 aliphatic heterocycles. The molecule has 0 aliphatic carbocycles. The second-order valence-corrected chi connectivity index (χ2v) is 4.17. The average Bonchev–Trinajstić information content (AvgIpc) is 2.17. The van der Waals surface area contributed by atoms with Crippen LogP contribution in [0.5, 0.6) is 0 Å². The number of fused-ring (bicyclic) bond motifs is 1. The van der Waals surface area contributed by atoms with Crippen LogP contribution in [-0.2, 0) is 0 Å². The summed E-state index contributed by atoms with van der Waals surface area (Å²) in [6.45, 7) is 4.89. The van der Waals surface area contributed by atoms with Crippen molar-refractivity contribution in [3.63, 3.8) is 0 Å². The van der Waals surface area contributed by atoms with Crippen LogP contribution >= 0.6 is 0 Å². The maximum absolute atomic E-state index is 2.66. The zero-order chi connectivity index (χ0) is 8.39. The summed E-state index contributed by atoms with van der Waals surface area (Å²) in [6.07, 6.45) is 10.2. The molecule has 0 N–H and O–H groups in total. The number of nitrogens with zero attached hydrogens (tertiary/aromatic N) is 1. The van der Waals surface area contributed by atoms with Gasteiger partial charge in [-0.1, -0.05) is 25.5 Å². The van der Waals surface area contributed by atoms with Crippen molar-refractivity contribution in [3.05, 3.63) is 12.2 Å². The van der Waals surface area contributed by atoms with Gasteiger partial charge in [-0.05, 0) is 25.2 Å². The smallest absolute Gasteiger partial charge is 0.0166 e. The Morgan fingerprint density at radius 1 is 1.33 bits per heavy atom. The van der Waals surface area contributed by atoms with Crippen molar-refractivity contribution >= 4 is 0 Å². The molecule has 0 aromatic carbocycles. The molecule has 0 radical (unpaired) electrons. The Labute approximate surface area is 75.4 Å². The van der Waals surface area contributed by atoms with Crippen LogP contribution in [0.2, 0.25) is 0 Å². The van der Waals surface area contributed by atoms with Gasteiger partial charge in [0.2, 0.25) is 0 Å². The fourth-order valence-electron chi connectivity index (χ4n) is 2.47. The van der Waals surface area contributed by atoms with Crippen LogP contribution in [-0.4, -0.2) is 24.0 Å². The first-order chi connectivity index (χ1) is 5.90. The molecule has 2 aliphatic rings. The van der Waals surface area contributed by atoms with Gasteiger partial charge in [-0.25, -0.2) is 0 Å². The summed E-state index contributed by atoms with van der Waals surface area (Å²) in [5.41, 5.74) is 0. The van der Waals surface area contributed by atoms with Crippen molar-refractivity contribution < 1.29 is 0 Å². The van der Waals surface area contributed by atoms with Gasteiger partial charge < -0.3 is 0 Å². The Hall–Kier alpha value is -0.300. The van der Waals surface area contributed by atoms with Gasteiger partial charge in [0, 0.05) is 19.1 Å². The first-order valence-corrected chi connectivity index (χ1v) is 5.29. The normalized spacial score (nSPS) is 36.4. The van der Waals surface area contributed by atoms with E-state index >= 15 is 0 Å². The van der Waals surface area contributed by atoms with E-state index in [1.807, 2.05) is 0 Å². The van der Waals surface area contributed by atoms with Gasteiger partial charge in [-0.2, -0.15) is 0 Å². The minimum absolute atomic E-state index is 0.887. The summed E-state index contributed by atoms with van der Waals surface area (Å²) in [4.78, 5) is 2.66. The molecule has 1 heteroatoms. The monoisotopic (exact) mass is 165 g/mol. The zero-order valence-corrected chi connectivity index (χ0v) is 8.00. The van der Waals surface area contributed by atoms with Gasteiger partial charge in [0.25, 0.3) is 0 Å². The lowest BCUT2D eigenvalue weighted by molar-refractivity contribution is 0.114. The summed E-state index contributed by atoms with van der Waals surface area (Å²) in [5, 5.41) is 0. The predicted molar refractivity (Wildman–Crippen MR) is 52.1 cm³/mol. The van der Waals surface area contributed by atoms with Gasteiger partial charge in [0.1, 0.15) is 0 Å². The van der Waals surface area contributed by atoms with E-state index in [1.165, 1.54) is 38.8 Å². The maximum atomic E-state index is 2.66. The third kappa shape index (κ3) is 1.56. The molecule has 2 atom stereocenters. The van der Waals surface area contributed by atoms with Gasteiger partial charge in [0.15, 0.2) is 0 Å². The van der Waals surface area contributed by atoms with E-state index in [1.54, 1.807) is 0 Å². The molecule has 0 bridgehead atoms. The van der Waals surface area contributed by atoms with Gasteiger partial charge in [-0.3, -0.25) is 4.90 Å². The molecule has 2 heterocycles. The maximum Gasteiger partial charge on any atom is 0.0166 e. The second kappa shape index (κ2) is 3.61. The summed E-state index contributed by atoms with van der Waals surface area (Å²) in [7, 11) is 0. The molecule has 0 spiro atoms. The highest BCUT2D eigenvalue weighted by Gasteiger charge is 2.26. The van der Waals surface area contributed by atoms with Crippen LogP contribution in [0.3, 0.4) is 0 Å². The SMILES string of the molecule is CCC1CCC2CC=CCN2C1. The molecule has 68 valence electrons. The van der Waals surface area contributed by atoms with Crippen LogP contribution in [0.4, 0.5) is 0 Å². The highest BCUT2D eigenvalue weighted by Crippen LogP contribution is 2.27. The Kier molecular flexibility index (Phi) is 2.50. The van der Waals surface area contributed by atoms with E-state index in [0.29, 0.717) is 0 Å². The van der Waals surface area contributed by atoms with Crippen molar-refractivity contribution in [1.29, 1.82) is 0 Å². The lowest BCUT2D eigenvalue weighted by Gasteiger charge is -2.40. The van der Waals surface area contributed by atoms with E-state index in [4.69, 9.17) is 0 Å². The molecule has 0 saturated carbocycles. The average molecular weight is 165 g/mol. The summed E-state index contributed by atoms with van der Waals surface area (Å²) in [6, 6.07) is 0.887. The van der Waals surface area contributed by atoms with Gasteiger partial charge in [-0.15, -0.1) is 0 Å². The number of rotatable bonds is 1. The van der Waals surface area contributed by atoms with E-state index in [9.17, 15) is 0 Å². The second-order valence-electron chi connectivity index (χ2n) is 4.17. The summed E-state index contributed by atoms with van der Waals surface area (Å²) >= 11 is 0. The third-order valence-electron chi connectivity index (χ3n) is 3.41. The molecule has 1 fully saturated rings. The largest absolute Gasteiger partial charge is 0.296 e. The summed E-state index contributed by atoms with van der Waals surface area (Å²) in [5.74, 6) is 0.979. The molecule has 1 nitrogen and oxygen atoms in total. The first-order valence-electron chi connectivity index (χ1n) is 5.29. The first kappa shape index (κ1) is 8.31. The standard InChI is InChI=1S/C11H19N/c1-2-10-6-7-11-5-3-4-8-12(11)9-10/h3-4,10-11H,2,5-9H2,1H3. The topological polar surface area (TPSA) is 3.24 Å². The number of hydrogen-bond acceptors (Lipinski definition) is 1. The van der Waals surface area contributed by atoms with E-state index < -0.39 is 0 Å². The van der Waals surface area contributed by atoms with Crippen molar-refractivity contribution in [2.24, 2.45) is 5.92 Å². The quantitative estimate of drug-likeness (QED) is 0.539. The van der Waals surface area contributed by atoms with Crippen molar-refractivity contribution in [2.45, 2.75) is 38.6 Å². The minimum Gasteiger partial charge on any atom is -0.296 e. The molecular weight excluding hydrogens is 146 g/mol. The van der Waals surface area contributed by atoms with Gasteiger partial charge in [0.05, 0.1) is 0 Å². The van der Waals surface area contributed by atoms with Crippen LogP contribution in [0, 0.1) is 5.92 Å². The van der Waals surface area contributed by atoms with Crippen molar-refractivity contribution in [3.8, 4) is 0 Å². The third-order valence-corrected chi connectivity index (χ3v) is 3.41. The minimum atomic E-state index is 0.887. The highest BCUT2D eigenvalue weighted by molar-refractivity contribution is 4.98. The molecule has 0 amide bonds. The van der Waals surface area contributed by atoms with Gasteiger partial charge >= 0.3 is 0 Å². The molecule has 12 heavy (non-hydrogen) atoms. The zero-order valence-electron chi connectivity index (χ0n) is 8.00. The number of hydrogen-bond donors (Lipinski definition) is 0. The van der Waals surface area contributed by atoms with Crippen LogP contribution in [0.15, 0.2) is 12.2 Å². The van der Waals surface area contributed by atoms with E-state index in [0.717, 1.165) is 12.0 Å². The predicted octanol–water partition coefficient (Wildman–Crippen LogP) is 2.44.